The molecule has 0 aliphatic rings. The van der Waals surface area contributed by atoms with Crippen molar-refractivity contribution in [3.63, 3.8) is 0 Å². The minimum Gasteiger partial charge on any atom is -0.464 e. The van der Waals surface area contributed by atoms with E-state index in [1.165, 1.54) is 4.68 Å². The number of carbonyl (C=O) groups is 2. The molecule has 0 saturated carbocycles. The van der Waals surface area contributed by atoms with Crippen LogP contribution in [0.5, 0.6) is 0 Å². The van der Waals surface area contributed by atoms with Crippen LogP contribution < -0.4 is 0 Å². The molecule has 0 saturated heterocycles. The average molecular weight is 210 g/mol. The lowest BCUT2D eigenvalue weighted by Crippen LogP contribution is -2.37. The van der Waals surface area contributed by atoms with E-state index in [9.17, 15) is 9.59 Å². The fraction of sp³-hybridized carbons (Fsp3) is 0.500. The third-order valence-electron chi connectivity index (χ3n) is 2.08. The second-order valence-corrected chi connectivity index (χ2v) is 3.58. The van der Waals surface area contributed by atoms with Crippen molar-refractivity contribution in [1.82, 2.24) is 9.78 Å². The van der Waals surface area contributed by atoms with Crippen molar-refractivity contribution in [1.29, 1.82) is 0 Å². The van der Waals surface area contributed by atoms with Gasteiger partial charge in [0.1, 0.15) is 5.69 Å². The second kappa shape index (κ2) is 4.25. The molecule has 0 atom stereocenters. The molecule has 0 bridgehead atoms. The van der Waals surface area contributed by atoms with Gasteiger partial charge in [0, 0.05) is 6.20 Å². The molecule has 0 unspecified atom stereocenters. The van der Waals surface area contributed by atoms with Gasteiger partial charge in [-0.05, 0) is 26.8 Å². The highest BCUT2D eigenvalue weighted by Gasteiger charge is 2.32. The third kappa shape index (κ3) is 2.23. The van der Waals surface area contributed by atoms with Crippen LogP contribution in [-0.4, -0.2) is 28.6 Å². The maximum Gasteiger partial charge on any atom is 0.333 e. The first-order valence-electron chi connectivity index (χ1n) is 4.71. The lowest BCUT2D eigenvalue weighted by atomic mass is 10.1. The summed E-state index contributed by atoms with van der Waals surface area (Å²) in [4.78, 5) is 22.0. The Hall–Kier alpha value is -1.65. The molecule has 1 aromatic rings. The molecule has 0 aromatic carbocycles. The second-order valence-electron chi connectivity index (χ2n) is 3.58. The number of nitrogens with zero attached hydrogens (tertiary/aromatic N) is 2. The molecular formula is C10H14N2O3. The Morgan fingerprint density at radius 1 is 1.67 bits per heavy atom. The maximum atomic E-state index is 11.6. The predicted molar refractivity (Wildman–Crippen MR) is 53.6 cm³/mol. The number of hydrogen-bond donors (Lipinski definition) is 0. The molecule has 0 amide bonds. The predicted octanol–water partition coefficient (Wildman–Crippen LogP) is 0.994. The summed E-state index contributed by atoms with van der Waals surface area (Å²) in [5.41, 5.74) is -0.593. The van der Waals surface area contributed by atoms with Gasteiger partial charge in [0.2, 0.25) is 0 Å². The molecule has 0 aliphatic carbocycles. The number of rotatable bonds is 4. The van der Waals surface area contributed by atoms with Crippen molar-refractivity contribution < 1.29 is 14.3 Å². The van der Waals surface area contributed by atoms with Crippen LogP contribution in [0.4, 0.5) is 0 Å². The number of hydrogen-bond acceptors (Lipinski definition) is 4. The summed E-state index contributed by atoms with van der Waals surface area (Å²) in [5.74, 6) is -0.370. The van der Waals surface area contributed by atoms with Crippen molar-refractivity contribution in [3.05, 3.63) is 18.0 Å². The van der Waals surface area contributed by atoms with Gasteiger partial charge in [0.25, 0.3) is 0 Å². The summed E-state index contributed by atoms with van der Waals surface area (Å²) in [6, 6.07) is 1.55. The molecule has 1 aromatic heterocycles. The fourth-order valence-electron chi connectivity index (χ4n) is 1.11. The summed E-state index contributed by atoms with van der Waals surface area (Å²) in [6.07, 6.45) is 2.22. The van der Waals surface area contributed by atoms with Crippen LogP contribution in [0, 0.1) is 0 Å². The Labute approximate surface area is 88.0 Å². The van der Waals surface area contributed by atoms with Crippen molar-refractivity contribution in [2.24, 2.45) is 0 Å². The summed E-state index contributed by atoms with van der Waals surface area (Å²) in [7, 11) is 0. The van der Waals surface area contributed by atoms with Gasteiger partial charge in [-0.3, -0.25) is 9.48 Å². The fourth-order valence-corrected chi connectivity index (χ4v) is 1.11. The topological polar surface area (TPSA) is 61.2 Å². The average Bonchev–Trinajstić information content (AvgIpc) is 2.66. The minimum atomic E-state index is -0.892. The zero-order valence-electron chi connectivity index (χ0n) is 9.06. The molecule has 0 fully saturated rings. The third-order valence-corrected chi connectivity index (χ3v) is 2.08. The summed E-state index contributed by atoms with van der Waals surface area (Å²) < 4.78 is 6.34. The monoisotopic (exact) mass is 210 g/mol. The molecule has 1 rings (SSSR count). The molecule has 0 spiro atoms. The number of aldehydes is 1. The van der Waals surface area contributed by atoms with Crippen LogP contribution in [0.2, 0.25) is 0 Å². The zero-order valence-corrected chi connectivity index (χ0v) is 9.06. The van der Waals surface area contributed by atoms with Gasteiger partial charge in [-0.1, -0.05) is 0 Å². The number of ether oxygens (including phenoxy) is 1. The van der Waals surface area contributed by atoms with E-state index in [2.05, 4.69) is 5.10 Å². The van der Waals surface area contributed by atoms with Crippen LogP contribution >= 0.6 is 0 Å². The van der Waals surface area contributed by atoms with Gasteiger partial charge in [-0.15, -0.1) is 0 Å². The van der Waals surface area contributed by atoms with Crippen LogP contribution in [0.3, 0.4) is 0 Å². The first-order valence-corrected chi connectivity index (χ1v) is 4.71. The van der Waals surface area contributed by atoms with Gasteiger partial charge in [-0.2, -0.15) is 5.10 Å². The molecular weight excluding hydrogens is 196 g/mol. The van der Waals surface area contributed by atoms with Crippen molar-refractivity contribution in [2.45, 2.75) is 26.3 Å². The van der Waals surface area contributed by atoms with Gasteiger partial charge in [0.05, 0.1) is 6.61 Å². The van der Waals surface area contributed by atoms with E-state index in [-0.39, 0.29) is 5.97 Å². The van der Waals surface area contributed by atoms with Crippen molar-refractivity contribution in [2.75, 3.05) is 6.61 Å². The van der Waals surface area contributed by atoms with Crippen molar-refractivity contribution >= 4 is 12.3 Å². The molecule has 82 valence electrons. The molecule has 0 radical (unpaired) electrons. The zero-order chi connectivity index (χ0) is 11.5. The van der Waals surface area contributed by atoms with Gasteiger partial charge < -0.3 is 4.74 Å². The van der Waals surface area contributed by atoms with Crippen molar-refractivity contribution in [3.8, 4) is 0 Å². The molecule has 1 heterocycles. The molecule has 5 heteroatoms. The smallest absolute Gasteiger partial charge is 0.333 e. The SMILES string of the molecule is CCOC(=O)C(C)(C)n1ccc(C=O)n1. The Morgan fingerprint density at radius 3 is 2.80 bits per heavy atom. The Morgan fingerprint density at radius 2 is 2.33 bits per heavy atom. The van der Waals surface area contributed by atoms with Crippen LogP contribution in [0.15, 0.2) is 12.3 Å². The highest BCUT2D eigenvalue weighted by atomic mass is 16.5. The summed E-state index contributed by atoms with van der Waals surface area (Å²) in [5, 5.41) is 3.95. The lowest BCUT2D eigenvalue weighted by Gasteiger charge is -2.22. The van der Waals surface area contributed by atoms with Gasteiger partial charge in [-0.25, -0.2) is 4.79 Å². The van der Waals surface area contributed by atoms with E-state index < -0.39 is 5.54 Å². The summed E-state index contributed by atoms with van der Waals surface area (Å²) in [6.45, 7) is 5.44. The van der Waals surface area contributed by atoms with E-state index in [4.69, 9.17) is 4.74 Å². The first kappa shape index (κ1) is 11.4. The van der Waals surface area contributed by atoms with E-state index in [1.807, 2.05) is 0 Å². The maximum absolute atomic E-state index is 11.6. The molecule has 15 heavy (non-hydrogen) atoms. The Kier molecular flexibility index (Phi) is 3.24. The number of aromatic nitrogens is 2. The largest absolute Gasteiger partial charge is 0.464 e. The highest BCUT2D eigenvalue weighted by Crippen LogP contribution is 2.16. The minimum absolute atomic E-state index is 0.298. The van der Waals surface area contributed by atoms with Crippen LogP contribution in [0.1, 0.15) is 31.3 Å². The Bertz CT molecular complexity index is 368. The summed E-state index contributed by atoms with van der Waals surface area (Å²) >= 11 is 0. The van der Waals surface area contributed by atoms with Crippen LogP contribution in [-0.2, 0) is 15.1 Å². The highest BCUT2D eigenvalue weighted by molar-refractivity contribution is 5.78. The standard InChI is InChI=1S/C10H14N2O3/c1-4-15-9(14)10(2,3)12-6-5-8(7-13)11-12/h5-7H,4H2,1-3H3. The Balaban J connectivity index is 2.93. The first-order chi connectivity index (χ1) is 7.02. The van der Waals surface area contributed by atoms with E-state index >= 15 is 0 Å². The lowest BCUT2D eigenvalue weighted by molar-refractivity contribution is -0.152. The van der Waals surface area contributed by atoms with E-state index in [0.717, 1.165) is 0 Å². The van der Waals surface area contributed by atoms with E-state index in [0.29, 0.717) is 18.6 Å². The van der Waals surface area contributed by atoms with Gasteiger partial charge >= 0.3 is 5.97 Å². The normalized spacial score (nSPS) is 11.1. The quantitative estimate of drug-likeness (QED) is 0.549. The number of esters is 1. The van der Waals surface area contributed by atoms with Crippen LogP contribution in [0.25, 0.3) is 0 Å². The van der Waals surface area contributed by atoms with Gasteiger partial charge in [0.15, 0.2) is 11.8 Å². The molecule has 0 N–H and O–H groups in total. The van der Waals surface area contributed by atoms with E-state index in [1.54, 1.807) is 33.0 Å². The molecule has 0 aliphatic heterocycles. The number of carbonyl (C=O) groups excluding carboxylic acids is 2. The molecule has 5 nitrogen and oxygen atoms in total.